The lowest BCUT2D eigenvalue weighted by Gasteiger charge is -2.29. The zero-order valence-electron chi connectivity index (χ0n) is 50.1. The van der Waals surface area contributed by atoms with Gasteiger partial charge in [-0.15, -0.1) is 0 Å². The Labute approximate surface area is 533 Å². The summed E-state index contributed by atoms with van der Waals surface area (Å²) in [5, 5.41) is 43.7. The molecule has 1 aliphatic heterocycles. The van der Waals surface area contributed by atoms with Gasteiger partial charge in [0.2, 0.25) is 47.3 Å². The Morgan fingerprint density at radius 3 is 2.15 bits per heavy atom. The standard InChI is InChI=1S/C62H78N10O13S4/c1-36(73)53-60(83)71-50(59(82)70-49(54(63)77)34-88-89-52-20-12-14-27-64-52)35-87-86-33-48(69-57(80)46(66-37(2)74)30-38-15-7-6-8-16-38)51(76)32-42(29-39-21-25-43(75)26-22-39)55(78)68-47(31-41-24-23-40-17-9-10-18-44(40)41)58(81)67-45(56(79)72-53)19-11-13-28-65-61(84)85-62(3,4)5/h6-10,12,14-18,20-22,24-27,36,42,45-50,53,73,75H,11,13,19,23,28-35H2,1-5H3,(H2,63,77)(H,65,84)(H,66,74)(H,67,81)(H,68,78)(H,69,80)(H,70,82)(H,71,83)(H,72,79)/t36-,42-,45+,46-,47-,48+,49+,50+,53+/m1/s1. The van der Waals surface area contributed by atoms with Crippen LogP contribution < -0.4 is 48.3 Å². The predicted molar refractivity (Wildman–Crippen MR) is 343 cm³/mol. The van der Waals surface area contributed by atoms with Gasteiger partial charge in [-0.2, -0.15) is 0 Å². The van der Waals surface area contributed by atoms with Crippen LogP contribution in [0.1, 0.15) is 89.0 Å². The third-order valence-corrected chi connectivity index (χ3v) is 18.7. The Balaban J connectivity index is 1.40. The topological polar surface area (TPSA) is 356 Å². The lowest BCUT2D eigenvalue weighted by molar-refractivity contribution is -0.137. The molecule has 9 amide bonds. The van der Waals surface area contributed by atoms with E-state index >= 15 is 14.4 Å². The van der Waals surface area contributed by atoms with Gasteiger partial charge in [0.1, 0.15) is 52.6 Å². The molecular weight excluding hydrogens is 1220 g/mol. The van der Waals surface area contributed by atoms with Crippen molar-refractivity contribution in [3.05, 3.63) is 132 Å². The summed E-state index contributed by atoms with van der Waals surface area (Å²) in [6.45, 7) is 7.71. The number of hydrogen-bond donors (Lipinski definition) is 11. The monoisotopic (exact) mass is 1300 g/mol. The number of primary amides is 1. The number of ketones is 1. The maximum absolute atomic E-state index is 15.1. The molecule has 89 heavy (non-hydrogen) atoms. The number of fused-ring (bicyclic) bond motifs is 1. The number of aliphatic hydroxyl groups excluding tert-OH is 1. The summed E-state index contributed by atoms with van der Waals surface area (Å²) in [5.74, 6) is -9.09. The highest BCUT2D eigenvalue weighted by molar-refractivity contribution is 8.77. The number of aromatic nitrogens is 1. The average molecular weight is 1300 g/mol. The van der Waals surface area contributed by atoms with Crippen LogP contribution in [0.5, 0.6) is 5.75 Å². The molecule has 0 radical (unpaired) electrons. The molecule has 27 heteroatoms. The largest absolute Gasteiger partial charge is 0.508 e. The molecule has 3 aromatic carbocycles. The number of ether oxygens (including phenoxy) is 1. The van der Waals surface area contributed by atoms with Crippen molar-refractivity contribution in [1.82, 2.24) is 47.5 Å². The number of Topliss-reactive ketones (excluding diaryl/α,β-unsaturated/α-hetero) is 1. The van der Waals surface area contributed by atoms with E-state index in [0.717, 1.165) is 32.7 Å². The van der Waals surface area contributed by atoms with Crippen molar-refractivity contribution >= 4 is 108 Å². The first-order valence-electron chi connectivity index (χ1n) is 29.0. The van der Waals surface area contributed by atoms with Gasteiger partial charge in [0.15, 0.2) is 5.78 Å². The van der Waals surface area contributed by atoms with Crippen LogP contribution >= 0.6 is 43.2 Å². The molecule has 0 unspecified atom stereocenters. The molecule has 0 bridgehead atoms. The Hall–Kier alpha value is -7.59. The number of nitrogens with one attached hydrogen (secondary N) is 8. The maximum atomic E-state index is 15.1. The summed E-state index contributed by atoms with van der Waals surface area (Å²) < 4.78 is 5.36. The molecule has 1 aromatic heterocycles. The van der Waals surface area contributed by atoms with Crippen LogP contribution in [0.15, 0.2) is 114 Å². The summed E-state index contributed by atoms with van der Waals surface area (Å²) in [5.41, 5.74) is 8.73. The summed E-state index contributed by atoms with van der Waals surface area (Å²) in [6.07, 6.45) is 1.41. The number of nitrogens with two attached hydrogens (primary N) is 1. The first kappa shape index (κ1) is 70.5. The van der Waals surface area contributed by atoms with Gasteiger partial charge in [0.05, 0.1) is 12.1 Å². The highest BCUT2D eigenvalue weighted by Gasteiger charge is 2.37. The number of amides is 9. The van der Waals surface area contributed by atoms with Crippen LogP contribution in [-0.2, 0) is 67.2 Å². The minimum Gasteiger partial charge on any atom is -0.508 e. The van der Waals surface area contributed by atoms with Gasteiger partial charge in [-0.05, 0) is 123 Å². The Bertz CT molecular complexity index is 3140. The van der Waals surface area contributed by atoms with Crippen molar-refractivity contribution in [3.8, 4) is 5.75 Å². The Morgan fingerprint density at radius 2 is 1.46 bits per heavy atom. The van der Waals surface area contributed by atoms with Gasteiger partial charge in [0, 0.05) is 62.1 Å². The lowest BCUT2D eigenvalue weighted by Crippen LogP contribution is -2.61. The normalized spacial score (nSPS) is 20.7. The number of allylic oxidation sites excluding steroid dienone is 1. The number of aromatic hydroxyl groups is 1. The van der Waals surface area contributed by atoms with Crippen LogP contribution in [0.2, 0.25) is 0 Å². The van der Waals surface area contributed by atoms with E-state index in [1.165, 1.54) is 47.6 Å². The van der Waals surface area contributed by atoms with Crippen molar-refractivity contribution in [2.45, 2.75) is 145 Å². The Morgan fingerprint density at radius 1 is 0.775 bits per heavy atom. The van der Waals surface area contributed by atoms with E-state index in [4.69, 9.17) is 10.5 Å². The van der Waals surface area contributed by atoms with Crippen LogP contribution in [0.3, 0.4) is 0 Å². The number of pyridine rings is 1. The first-order chi connectivity index (χ1) is 42.4. The summed E-state index contributed by atoms with van der Waals surface area (Å²) >= 11 is 0. The number of benzene rings is 3. The second kappa shape index (κ2) is 35.0. The summed E-state index contributed by atoms with van der Waals surface area (Å²) in [6, 6.07) is 17.6. The fourth-order valence-electron chi connectivity index (χ4n) is 9.50. The van der Waals surface area contributed by atoms with E-state index in [0.29, 0.717) is 28.1 Å². The molecule has 0 spiro atoms. The average Bonchev–Trinajstić information content (AvgIpc) is 3.74. The number of phenols is 1. The first-order valence-corrected chi connectivity index (χ1v) is 33.8. The fraction of sp³-hybridized carbons (Fsp3) is 0.435. The smallest absolute Gasteiger partial charge is 0.407 e. The lowest BCUT2D eigenvalue weighted by atomic mass is 9.90. The quantitative estimate of drug-likeness (QED) is 0.0391. The van der Waals surface area contributed by atoms with E-state index in [-0.39, 0.29) is 68.1 Å². The van der Waals surface area contributed by atoms with Crippen LogP contribution in [0.25, 0.3) is 5.57 Å². The zero-order chi connectivity index (χ0) is 64.6. The molecule has 9 atom stereocenters. The van der Waals surface area contributed by atoms with Crippen molar-refractivity contribution in [2.24, 2.45) is 11.7 Å². The molecule has 4 aromatic rings. The minimum absolute atomic E-state index is 0.0356. The van der Waals surface area contributed by atoms with Gasteiger partial charge in [-0.1, -0.05) is 111 Å². The number of hydrogen-bond acceptors (Lipinski definition) is 18. The van der Waals surface area contributed by atoms with Crippen LogP contribution in [0, 0.1) is 5.92 Å². The predicted octanol–water partition coefficient (Wildman–Crippen LogP) is 3.99. The van der Waals surface area contributed by atoms with Crippen LogP contribution in [0.4, 0.5) is 4.79 Å². The molecule has 2 aliphatic rings. The fourth-order valence-corrected chi connectivity index (χ4v) is 13.9. The van der Waals surface area contributed by atoms with Crippen molar-refractivity contribution in [2.75, 3.05) is 23.8 Å². The maximum Gasteiger partial charge on any atom is 0.407 e. The van der Waals surface area contributed by atoms with E-state index in [1.807, 2.05) is 30.3 Å². The SMILES string of the molecule is CC(=O)N[C@H](Cc1ccccc1)C(=O)N[C@H]1CSSC[C@@H](C(=O)N[C@@H](CSSc2ccccn2)C(N)=O)NC(=O)[C@H]([C@@H](C)O)NC(=O)[C@H](CCCCNC(=O)OC(C)(C)C)NC(=O)[C@@H](CC2=CCc3ccccc32)NC(=O)[C@H](Cc2ccc(O)cc2)CC1=O. The Kier molecular flexibility index (Phi) is 27.7. The molecule has 23 nitrogen and oxygen atoms in total. The highest BCUT2D eigenvalue weighted by atomic mass is 33.1. The van der Waals surface area contributed by atoms with Crippen LogP contribution in [-0.4, -0.2) is 152 Å². The molecule has 12 N–H and O–H groups in total. The zero-order valence-corrected chi connectivity index (χ0v) is 53.4. The molecule has 1 saturated heterocycles. The number of aliphatic hydroxyl groups is 1. The number of alkyl carbamates (subject to hydrolysis) is 1. The van der Waals surface area contributed by atoms with Gasteiger partial charge in [0.25, 0.3) is 0 Å². The minimum atomic E-state index is -1.77. The third-order valence-electron chi connectivity index (χ3n) is 14.1. The molecule has 478 valence electrons. The molecule has 6 rings (SSSR count). The number of phenolic OH excluding ortho intramolecular Hbond substituents is 1. The van der Waals surface area contributed by atoms with E-state index in [9.17, 15) is 43.8 Å². The highest BCUT2D eigenvalue weighted by Crippen LogP contribution is 2.32. The second-order valence-electron chi connectivity index (χ2n) is 22.4. The number of carbonyl (C=O) groups excluding carboxylic acids is 10. The number of rotatable bonds is 22. The van der Waals surface area contributed by atoms with Gasteiger partial charge in [-0.25, -0.2) is 9.78 Å². The molecular formula is C62H78N10O13S4. The van der Waals surface area contributed by atoms with Crippen molar-refractivity contribution < 1.29 is 62.9 Å². The van der Waals surface area contributed by atoms with Gasteiger partial charge >= 0.3 is 6.09 Å². The number of nitrogens with zero attached hydrogens (tertiary/aromatic N) is 1. The van der Waals surface area contributed by atoms with Crippen molar-refractivity contribution in [3.63, 3.8) is 0 Å². The van der Waals surface area contributed by atoms with E-state index in [2.05, 4.69) is 47.5 Å². The molecule has 1 fully saturated rings. The number of carbonyl (C=O) groups is 10. The molecule has 0 saturated carbocycles. The van der Waals surface area contributed by atoms with Gasteiger partial charge < -0.3 is 63.2 Å². The van der Waals surface area contributed by atoms with Gasteiger partial charge in [-0.3, -0.25) is 43.2 Å². The van der Waals surface area contributed by atoms with Crippen molar-refractivity contribution in [1.29, 1.82) is 0 Å². The second-order valence-corrected chi connectivity index (χ2v) is 27.4. The van der Waals surface area contributed by atoms with E-state index < -0.39 is 125 Å². The summed E-state index contributed by atoms with van der Waals surface area (Å²) in [7, 11) is 4.40. The third kappa shape index (κ3) is 23.7. The molecule has 1 aliphatic carbocycles. The van der Waals surface area contributed by atoms with E-state index in [1.54, 1.807) is 87.6 Å². The molecule has 2 heterocycles. The summed E-state index contributed by atoms with van der Waals surface area (Å²) in [4.78, 5) is 146. The number of unbranched alkanes of at least 4 members (excludes halogenated alkanes) is 1.